The second-order valence-electron chi connectivity index (χ2n) is 9.29. The maximum Gasteiger partial charge on any atom is 0.0732 e. The van der Waals surface area contributed by atoms with Gasteiger partial charge in [0, 0.05) is 34.1 Å². The largest absolute Gasteiger partial charge is 0.357 e. The molecule has 3 heteroatoms. The fourth-order valence-electron chi connectivity index (χ4n) is 4.71. The van der Waals surface area contributed by atoms with Gasteiger partial charge in [0.1, 0.15) is 0 Å². The van der Waals surface area contributed by atoms with Crippen molar-refractivity contribution in [2.45, 2.75) is 38.1 Å². The van der Waals surface area contributed by atoms with Gasteiger partial charge in [-0.15, -0.1) is 0 Å². The molecule has 30 heavy (non-hydrogen) atoms. The van der Waals surface area contributed by atoms with Crippen molar-refractivity contribution in [3.05, 3.63) is 106 Å². The molecule has 2 atom stereocenters. The number of hydrogen-bond donors (Lipinski definition) is 2. The number of fused-ring (bicyclic) bond motifs is 3. The molecule has 2 N–H and O–H groups in total. The molecule has 1 aliphatic heterocycles. The number of aromatic amines is 1. The van der Waals surface area contributed by atoms with Crippen LogP contribution in [0.15, 0.2) is 72.8 Å². The summed E-state index contributed by atoms with van der Waals surface area (Å²) < 4.78 is 0. The van der Waals surface area contributed by atoms with Gasteiger partial charge in [0.2, 0.25) is 0 Å². The summed E-state index contributed by atoms with van der Waals surface area (Å²) in [4.78, 5) is 3.72. The van der Waals surface area contributed by atoms with E-state index in [2.05, 4.69) is 91.7 Å². The smallest absolute Gasteiger partial charge is 0.0732 e. The summed E-state index contributed by atoms with van der Waals surface area (Å²) in [6, 6.07) is 26.0. The summed E-state index contributed by atoms with van der Waals surface area (Å²) in [5.74, 6) is 0.218. The Hall–Kier alpha value is -2.55. The van der Waals surface area contributed by atoms with E-state index < -0.39 is 0 Å². The lowest BCUT2D eigenvalue weighted by Gasteiger charge is -2.32. The highest BCUT2D eigenvalue weighted by Crippen LogP contribution is 2.43. The van der Waals surface area contributed by atoms with Crippen LogP contribution in [0.2, 0.25) is 5.02 Å². The maximum absolute atomic E-state index is 6.62. The zero-order chi connectivity index (χ0) is 20.9. The van der Waals surface area contributed by atoms with Crippen LogP contribution in [0.25, 0.3) is 10.9 Å². The number of nitrogens with one attached hydrogen (secondary N) is 2. The summed E-state index contributed by atoms with van der Waals surface area (Å²) in [7, 11) is 0. The average Bonchev–Trinajstić information content (AvgIpc) is 3.13. The second-order valence-corrected chi connectivity index (χ2v) is 9.69. The molecule has 0 saturated carbocycles. The van der Waals surface area contributed by atoms with Crippen LogP contribution in [0.3, 0.4) is 0 Å². The van der Waals surface area contributed by atoms with Crippen molar-refractivity contribution in [2.75, 3.05) is 6.54 Å². The molecule has 0 spiro atoms. The van der Waals surface area contributed by atoms with Crippen molar-refractivity contribution < 1.29 is 0 Å². The second kappa shape index (κ2) is 7.30. The fraction of sp³-hybridized carbons (Fsp3) is 0.259. The van der Waals surface area contributed by atoms with Gasteiger partial charge in [-0.05, 0) is 39.8 Å². The third-order valence-electron chi connectivity index (χ3n) is 6.33. The zero-order valence-corrected chi connectivity index (χ0v) is 18.4. The number of H-pyrrole nitrogens is 1. The van der Waals surface area contributed by atoms with Crippen LogP contribution < -0.4 is 5.32 Å². The first-order valence-corrected chi connectivity index (χ1v) is 11.0. The monoisotopic (exact) mass is 414 g/mol. The minimum Gasteiger partial charge on any atom is -0.357 e. The van der Waals surface area contributed by atoms with Crippen molar-refractivity contribution in [1.29, 1.82) is 0 Å². The van der Waals surface area contributed by atoms with Crippen LogP contribution in [0.5, 0.6) is 0 Å². The van der Waals surface area contributed by atoms with Crippen molar-refractivity contribution in [3.8, 4) is 0 Å². The highest BCUT2D eigenvalue weighted by atomic mass is 35.5. The van der Waals surface area contributed by atoms with Crippen LogP contribution >= 0.6 is 11.6 Å². The third kappa shape index (κ3) is 3.25. The van der Waals surface area contributed by atoms with Gasteiger partial charge in [-0.25, -0.2) is 0 Å². The first-order valence-electron chi connectivity index (χ1n) is 10.6. The van der Waals surface area contributed by atoms with E-state index in [4.69, 9.17) is 11.6 Å². The molecule has 0 aliphatic carbocycles. The molecule has 3 aromatic carbocycles. The van der Waals surface area contributed by atoms with E-state index in [1.54, 1.807) is 0 Å². The van der Waals surface area contributed by atoms with Crippen LogP contribution in [0.1, 0.15) is 60.7 Å². The number of hydrogen-bond acceptors (Lipinski definition) is 1. The fourth-order valence-corrected chi connectivity index (χ4v) is 4.98. The number of para-hydroxylation sites is 1. The average molecular weight is 415 g/mol. The van der Waals surface area contributed by atoms with Gasteiger partial charge in [0.05, 0.1) is 6.04 Å². The lowest BCUT2D eigenvalue weighted by atomic mass is 9.82. The summed E-state index contributed by atoms with van der Waals surface area (Å²) in [5.41, 5.74) is 7.76. The molecular weight excluding hydrogens is 388 g/mol. The maximum atomic E-state index is 6.62. The minimum atomic E-state index is 0.139. The minimum absolute atomic E-state index is 0.139. The number of rotatable bonds is 2. The molecule has 152 valence electrons. The molecule has 0 radical (unpaired) electrons. The molecule has 0 unspecified atom stereocenters. The Morgan fingerprint density at radius 1 is 0.867 bits per heavy atom. The van der Waals surface area contributed by atoms with Crippen molar-refractivity contribution >= 4 is 22.5 Å². The molecular formula is C27H27ClN2. The van der Waals surface area contributed by atoms with E-state index in [0.717, 1.165) is 11.6 Å². The van der Waals surface area contributed by atoms with Crippen LogP contribution in [0, 0.1) is 0 Å². The van der Waals surface area contributed by atoms with E-state index in [1.807, 2.05) is 12.1 Å². The van der Waals surface area contributed by atoms with Crippen molar-refractivity contribution in [2.24, 2.45) is 0 Å². The van der Waals surface area contributed by atoms with Gasteiger partial charge in [-0.2, -0.15) is 0 Å². The predicted molar refractivity (Wildman–Crippen MR) is 127 cm³/mol. The topological polar surface area (TPSA) is 27.8 Å². The third-order valence-corrected chi connectivity index (χ3v) is 6.67. The van der Waals surface area contributed by atoms with E-state index in [-0.39, 0.29) is 17.4 Å². The molecule has 0 fully saturated rings. The van der Waals surface area contributed by atoms with Crippen LogP contribution in [0.4, 0.5) is 0 Å². The predicted octanol–water partition coefficient (Wildman–Crippen LogP) is 6.94. The molecule has 0 saturated heterocycles. The van der Waals surface area contributed by atoms with Crippen molar-refractivity contribution in [3.63, 3.8) is 0 Å². The number of aromatic nitrogens is 1. The van der Waals surface area contributed by atoms with Gasteiger partial charge in [-0.3, -0.25) is 0 Å². The Bertz CT molecular complexity index is 1200. The van der Waals surface area contributed by atoms with E-state index in [1.165, 1.54) is 38.9 Å². The highest BCUT2D eigenvalue weighted by molar-refractivity contribution is 6.31. The first kappa shape index (κ1) is 19.4. The van der Waals surface area contributed by atoms with E-state index in [9.17, 15) is 0 Å². The molecule has 2 heterocycles. The molecule has 5 rings (SSSR count). The normalized spacial score (nSPS) is 19.1. The Balaban J connectivity index is 1.65. The number of halogens is 1. The molecule has 1 aliphatic rings. The van der Waals surface area contributed by atoms with E-state index >= 15 is 0 Å². The van der Waals surface area contributed by atoms with Gasteiger partial charge in [-0.1, -0.05) is 93.0 Å². The van der Waals surface area contributed by atoms with Crippen LogP contribution in [-0.2, 0) is 5.41 Å². The standard InChI is InChI=1S/C27H27ClN2/c1-27(2,3)18-14-12-17(13-15-18)25-26-24(20-9-5-7-11-23(20)30-26)21(16-29-25)19-8-4-6-10-22(19)28/h4-15,21,25,29-30H,16H2,1-3H3/t21-,25-/m0/s1. The van der Waals surface area contributed by atoms with Crippen LogP contribution in [-0.4, -0.2) is 11.5 Å². The summed E-state index contributed by atoms with van der Waals surface area (Å²) in [6.07, 6.45) is 0. The summed E-state index contributed by atoms with van der Waals surface area (Å²) in [5, 5.41) is 5.91. The Morgan fingerprint density at radius 2 is 1.57 bits per heavy atom. The molecule has 0 bridgehead atoms. The van der Waals surface area contributed by atoms with Gasteiger partial charge in [0.15, 0.2) is 0 Å². The Kier molecular flexibility index (Phi) is 4.72. The Labute approximate surface area is 183 Å². The Morgan fingerprint density at radius 3 is 2.30 bits per heavy atom. The molecule has 0 amide bonds. The highest BCUT2D eigenvalue weighted by Gasteiger charge is 2.33. The molecule has 1 aromatic heterocycles. The van der Waals surface area contributed by atoms with Crippen molar-refractivity contribution in [1.82, 2.24) is 10.3 Å². The SMILES string of the molecule is CC(C)(C)c1ccc([C@@H]2NC[C@@H](c3ccccc3Cl)c3c2[nH]c2ccccc32)cc1. The van der Waals surface area contributed by atoms with Gasteiger partial charge in [0.25, 0.3) is 0 Å². The molecule has 2 nitrogen and oxygen atoms in total. The molecule has 4 aromatic rings. The lowest BCUT2D eigenvalue weighted by molar-refractivity contribution is 0.524. The first-order chi connectivity index (χ1) is 14.4. The lowest BCUT2D eigenvalue weighted by Crippen LogP contribution is -2.34. The summed E-state index contributed by atoms with van der Waals surface area (Å²) >= 11 is 6.62. The zero-order valence-electron chi connectivity index (χ0n) is 17.7. The van der Waals surface area contributed by atoms with Gasteiger partial charge >= 0.3 is 0 Å². The van der Waals surface area contributed by atoms with Gasteiger partial charge < -0.3 is 10.3 Å². The number of benzene rings is 3. The van der Waals surface area contributed by atoms with E-state index in [0.29, 0.717) is 0 Å². The quantitative estimate of drug-likeness (QED) is 0.365. The summed E-state index contributed by atoms with van der Waals surface area (Å²) in [6.45, 7) is 7.62.